The Morgan fingerprint density at radius 1 is 1.30 bits per heavy atom. The summed E-state index contributed by atoms with van der Waals surface area (Å²) >= 11 is 0. The minimum absolute atomic E-state index is 0.118. The number of aryl methyl sites for hydroxylation is 1. The fraction of sp³-hybridized carbons (Fsp3) is 0.278. The summed E-state index contributed by atoms with van der Waals surface area (Å²) in [6.45, 7) is 4.46. The van der Waals surface area contributed by atoms with Gasteiger partial charge in [-0.15, -0.1) is 0 Å². The van der Waals surface area contributed by atoms with Gasteiger partial charge in [-0.25, -0.2) is 9.97 Å². The summed E-state index contributed by atoms with van der Waals surface area (Å²) in [6, 6.07) is 12.1. The minimum atomic E-state index is -0.118. The molecule has 23 heavy (non-hydrogen) atoms. The fourth-order valence-corrected chi connectivity index (χ4v) is 2.56. The van der Waals surface area contributed by atoms with Crippen LogP contribution in [-0.2, 0) is 6.54 Å². The first-order valence-electron chi connectivity index (χ1n) is 7.49. The molecule has 0 aliphatic heterocycles. The molecule has 0 amide bonds. The number of imidazole rings is 1. The standard InChI is InChI=1S/C18H18N4O/c1-12-8-16-18(20-10-12)22(11-13(2)9-19)17(21-16)14-4-6-15(23-3)7-5-14/h4-8,10,13H,11H2,1-3H3. The molecule has 2 aromatic heterocycles. The van der Waals surface area contributed by atoms with Gasteiger partial charge in [0.25, 0.3) is 0 Å². The molecular formula is C18H18N4O. The number of ether oxygens (including phenoxy) is 1. The highest BCUT2D eigenvalue weighted by molar-refractivity contribution is 5.77. The van der Waals surface area contributed by atoms with Gasteiger partial charge in [0, 0.05) is 18.3 Å². The molecule has 2 heterocycles. The molecule has 0 spiro atoms. The van der Waals surface area contributed by atoms with Crippen LogP contribution in [0.5, 0.6) is 5.75 Å². The first-order valence-corrected chi connectivity index (χ1v) is 7.49. The van der Waals surface area contributed by atoms with Gasteiger partial charge in [0.15, 0.2) is 5.65 Å². The van der Waals surface area contributed by atoms with Crippen molar-refractivity contribution >= 4 is 11.2 Å². The van der Waals surface area contributed by atoms with E-state index in [1.54, 1.807) is 7.11 Å². The maximum Gasteiger partial charge on any atom is 0.160 e. The van der Waals surface area contributed by atoms with E-state index in [4.69, 9.17) is 15.0 Å². The molecule has 0 N–H and O–H groups in total. The summed E-state index contributed by atoms with van der Waals surface area (Å²) in [5.74, 6) is 1.51. The molecule has 3 aromatic rings. The van der Waals surface area contributed by atoms with Crippen molar-refractivity contribution in [2.45, 2.75) is 20.4 Å². The van der Waals surface area contributed by atoms with Crippen LogP contribution >= 0.6 is 0 Å². The molecule has 0 radical (unpaired) electrons. The fourth-order valence-electron chi connectivity index (χ4n) is 2.56. The molecule has 0 saturated heterocycles. The van der Waals surface area contributed by atoms with Crippen molar-refractivity contribution in [3.05, 3.63) is 42.1 Å². The first-order chi connectivity index (χ1) is 11.1. The molecule has 1 aromatic carbocycles. The molecule has 3 rings (SSSR count). The van der Waals surface area contributed by atoms with Crippen molar-refractivity contribution in [2.75, 3.05) is 7.11 Å². The van der Waals surface area contributed by atoms with Gasteiger partial charge in [0.1, 0.15) is 17.1 Å². The van der Waals surface area contributed by atoms with Gasteiger partial charge in [-0.3, -0.25) is 0 Å². The molecule has 0 aliphatic carbocycles. The monoisotopic (exact) mass is 306 g/mol. The van der Waals surface area contributed by atoms with E-state index in [9.17, 15) is 0 Å². The van der Waals surface area contributed by atoms with Crippen LogP contribution in [0, 0.1) is 24.2 Å². The third-order valence-electron chi connectivity index (χ3n) is 3.75. The second kappa shape index (κ2) is 6.09. The van der Waals surface area contributed by atoms with E-state index in [2.05, 4.69) is 11.1 Å². The molecule has 0 bridgehead atoms. The predicted molar refractivity (Wildman–Crippen MR) is 89.0 cm³/mol. The van der Waals surface area contributed by atoms with E-state index < -0.39 is 0 Å². The lowest BCUT2D eigenvalue weighted by Crippen LogP contribution is -2.08. The Bertz CT molecular complexity index is 874. The van der Waals surface area contributed by atoms with Crippen molar-refractivity contribution in [3.63, 3.8) is 0 Å². The zero-order valence-corrected chi connectivity index (χ0v) is 13.4. The number of rotatable bonds is 4. The van der Waals surface area contributed by atoms with Crippen molar-refractivity contribution in [3.8, 4) is 23.2 Å². The van der Waals surface area contributed by atoms with Crippen LogP contribution in [0.15, 0.2) is 36.5 Å². The number of methoxy groups -OCH3 is 1. The van der Waals surface area contributed by atoms with Crippen LogP contribution < -0.4 is 4.74 Å². The average molecular weight is 306 g/mol. The SMILES string of the molecule is COc1ccc(-c2nc3cc(C)cnc3n2CC(C)C#N)cc1. The number of fused-ring (bicyclic) bond motifs is 1. The third-order valence-corrected chi connectivity index (χ3v) is 3.75. The molecule has 5 nitrogen and oxygen atoms in total. The van der Waals surface area contributed by atoms with Crippen LogP contribution in [0.1, 0.15) is 12.5 Å². The van der Waals surface area contributed by atoms with Crippen LogP contribution in [-0.4, -0.2) is 21.6 Å². The van der Waals surface area contributed by atoms with E-state index in [-0.39, 0.29) is 5.92 Å². The molecular weight excluding hydrogens is 288 g/mol. The zero-order chi connectivity index (χ0) is 16.4. The topological polar surface area (TPSA) is 63.7 Å². The molecule has 0 saturated carbocycles. The zero-order valence-electron chi connectivity index (χ0n) is 13.4. The highest BCUT2D eigenvalue weighted by Crippen LogP contribution is 2.26. The molecule has 0 aliphatic rings. The lowest BCUT2D eigenvalue weighted by Gasteiger charge is -2.10. The van der Waals surface area contributed by atoms with E-state index in [0.717, 1.165) is 33.9 Å². The third kappa shape index (κ3) is 2.88. The van der Waals surface area contributed by atoms with Crippen molar-refractivity contribution in [1.29, 1.82) is 5.26 Å². The maximum atomic E-state index is 9.16. The van der Waals surface area contributed by atoms with E-state index in [1.165, 1.54) is 0 Å². The van der Waals surface area contributed by atoms with Crippen molar-refractivity contribution in [1.82, 2.24) is 14.5 Å². The highest BCUT2D eigenvalue weighted by Gasteiger charge is 2.16. The van der Waals surface area contributed by atoms with Crippen molar-refractivity contribution < 1.29 is 4.74 Å². The molecule has 1 atom stereocenters. The Morgan fingerprint density at radius 3 is 2.70 bits per heavy atom. The first kappa shape index (κ1) is 15.0. The van der Waals surface area contributed by atoms with Gasteiger partial charge < -0.3 is 9.30 Å². The van der Waals surface area contributed by atoms with Crippen LogP contribution in [0.4, 0.5) is 0 Å². The largest absolute Gasteiger partial charge is 0.497 e. The van der Waals surface area contributed by atoms with E-state index in [1.807, 2.05) is 54.9 Å². The second-order valence-electron chi connectivity index (χ2n) is 5.66. The molecule has 116 valence electrons. The predicted octanol–water partition coefficient (Wildman–Crippen LogP) is 3.58. The normalized spacial score (nSPS) is 12.1. The summed E-state index contributed by atoms with van der Waals surface area (Å²) in [7, 11) is 1.64. The number of hydrogen-bond acceptors (Lipinski definition) is 4. The van der Waals surface area contributed by atoms with Gasteiger partial charge in [0.05, 0.1) is 19.1 Å². The number of pyridine rings is 1. The molecule has 1 unspecified atom stereocenters. The van der Waals surface area contributed by atoms with Gasteiger partial charge in [-0.05, 0) is 49.7 Å². The Hall–Kier alpha value is -2.87. The van der Waals surface area contributed by atoms with Crippen LogP contribution in [0.25, 0.3) is 22.6 Å². The van der Waals surface area contributed by atoms with E-state index in [0.29, 0.717) is 6.54 Å². The number of aromatic nitrogens is 3. The Kier molecular flexibility index (Phi) is 3.98. The molecule has 5 heteroatoms. The Balaban J connectivity index is 2.17. The number of benzene rings is 1. The van der Waals surface area contributed by atoms with Gasteiger partial charge in [0.2, 0.25) is 0 Å². The van der Waals surface area contributed by atoms with Gasteiger partial charge in [-0.1, -0.05) is 0 Å². The molecule has 0 fully saturated rings. The van der Waals surface area contributed by atoms with Crippen molar-refractivity contribution in [2.24, 2.45) is 5.92 Å². The van der Waals surface area contributed by atoms with Crippen LogP contribution in [0.2, 0.25) is 0 Å². The van der Waals surface area contributed by atoms with Crippen LogP contribution in [0.3, 0.4) is 0 Å². The smallest absolute Gasteiger partial charge is 0.160 e. The van der Waals surface area contributed by atoms with E-state index >= 15 is 0 Å². The minimum Gasteiger partial charge on any atom is -0.497 e. The summed E-state index contributed by atoms with van der Waals surface area (Å²) in [5.41, 5.74) is 3.70. The summed E-state index contributed by atoms with van der Waals surface area (Å²) in [5, 5.41) is 9.16. The number of hydrogen-bond donors (Lipinski definition) is 0. The lowest BCUT2D eigenvalue weighted by atomic mass is 10.2. The number of nitriles is 1. The lowest BCUT2D eigenvalue weighted by molar-refractivity contribution is 0.415. The maximum absolute atomic E-state index is 9.16. The van der Waals surface area contributed by atoms with Gasteiger partial charge >= 0.3 is 0 Å². The van der Waals surface area contributed by atoms with Gasteiger partial charge in [-0.2, -0.15) is 5.26 Å². The highest BCUT2D eigenvalue weighted by atomic mass is 16.5. The summed E-state index contributed by atoms with van der Waals surface area (Å²) in [4.78, 5) is 9.25. The quantitative estimate of drug-likeness (QED) is 0.739. The number of nitrogens with zero attached hydrogens (tertiary/aromatic N) is 4. The summed E-state index contributed by atoms with van der Waals surface area (Å²) < 4.78 is 7.23. The summed E-state index contributed by atoms with van der Waals surface area (Å²) in [6.07, 6.45) is 1.83. The Morgan fingerprint density at radius 2 is 2.04 bits per heavy atom. The second-order valence-corrected chi connectivity index (χ2v) is 5.66. The Labute approximate surface area is 135 Å². The average Bonchev–Trinajstić information content (AvgIpc) is 2.92.